The highest BCUT2D eigenvalue weighted by molar-refractivity contribution is 5.77. The van der Waals surface area contributed by atoms with Crippen molar-refractivity contribution in [2.75, 3.05) is 32.8 Å². The van der Waals surface area contributed by atoms with Gasteiger partial charge in [0.2, 0.25) is 11.8 Å². The maximum absolute atomic E-state index is 12.2. The van der Waals surface area contributed by atoms with E-state index in [9.17, 15) is 4.79 Å². The lowest BCUT2D eigenvalue weighted by Crippen LogP contribution is -2.49. The molecule has 0 aromatic carbocycles. The Kier molecular flexibility index (Phi) is 5.04. The predicted molar refractivity (Wildman–Crippen MR) is 79.1 cm³/mol. The summed E-state index contributed by atoms with van der Waals surface area (Å²) in [7, 11) is 0. The van der Waals surface area contributed by atoms with Gasteiger partial charge < -0.3 is 14.2 Å². The molecule has 1 aromatic heterocycles. The first-order valence-corrected chi connectivity index (χ1v) is 8.11. The van der Waals surface area contributed by atoms with Crippen LogP contribution in [0.5, 0.6) is 0 Å². The molecule has 2 heterocycles. The van der Waals surface area contributed by atoms with Gasteiger partial charge in [0.25, 0.3) is 0 Å². The number of amides is 1. The highest BCUT2D eigenvalue weighted by Gasteiger charge is 2.23. The molecule has 7 nitrogen and oxygen atoms in total. The minimum Gasteiger partial charge on any atom is -0.368 e. The van der Waals surface area contributed by atoms with Crippen molar-refractivity contribution in [3.63, 3.8) is 0 Å². The maximum atomic E-state index is 12.2. The number of rotatable bonds is 5. The van der Waals surface area contributed by atoms with Crippen LogP contribution < -0.4 is 0 Å². The van der Waals surface area contributed by atoms with Crippen molar-refractivity contribution >= 4 is 5.91 Å². The molecule has 22 heavy (non-hydrogen) atoms. The molecule has 7 heteroatoms. The largest absolute Gasteiger partial charge is 0.368 e. The van der Waals surface area contributed by atoms with Gasteiger partial charge in [-0.1, -0.05) is 18.0 Å². The third-order valence-electron chi connectivity index (χ3n) is 4.40. The van der Waals surface area contributed by atoms with Gasteiger partial charge in [-0.15, -0.1) is 0 Å². The topological polar surface area (TPSA) is 71.7 Å². The van der Waals surface area contributed by atoms with Crippen LogP contribution in [0.4, 0.5) is 0 Å². The fourth-order valence-corrected chi connectivity index (χ4v) is 3.10. The lowest BCUT2D eigenvalue weighted by atomic mass is 10.3. The smallest absolute Gasteiger partial charge is 0.248 e. The van der Waals surface area contributed by atoms with Gasteiger partial charge in [0.15, 0.2) is 5.82 Å². The Morgan fingerprint density at radius 1 is 1.27 bits per heavy atom. The quantitative estimate of drug-likeness (QED) is 0.807. The molecular formula is C15H24N4O3. The maximum Gasteiger partial charge on any atom is 0.248 e. The predicted octanol–water partition coefficient (Wildman–Crippen LogP) is 0.981. The average molecular weight is 308 g/mol. The molecule has 1 saturated heterocycles. The van der Waals surface area contributed by atoms with Gasteiger partial charge in [-0.2, -0.15) is 4.98 Å². The van der Waals surface area contributed by atoms with Crippen LogP contribution in [-0.2, 0) is 16.1 Å². The van der Waals surface area contributed by atoms with Crippen LogP contribution in [-0.4, -0.2) is 64.7 Å². The monoisotopic (exact) mass is 308 g/mol. The lowest BCUT2D eigenvalue weighted by Gasteiger charge is -2.34. The van der Waals surface area contributed by atoms with E-state index in [2.05, 4.69) is 15.0 Å². The first-order chi connectivity index (χ1) is 10.7. The van der Waals surface area contributed by atoms with Crippen LogP contribution in [0.1, 0.15) is 37.4 Å². The molecule has 2 fully saturated rings. The van der Waals surface area contributed by atoms with Crippen LogP contribution in [0.25, 0.3) is 0 Å². The Bertz CT molecular complexity index is 491. The molecule has 0 radical (unpaired) electrons. The second-order valence-corrected chi connectivity index (χ2v) is 6.10. The van der Waals surface area contributed by atoms with E-state index in [0.29, 0.717) is 24.4 Å². The third-order valence-corrected chi connectivity index (χ3v) is 4.40. The van der Waals surface area contributed by atoms with E-state index in [1.165, 1.54) is 12.8 Å². The van der Waals surface area contributed by atoms with Gasteiger partial charge in [-0.3, -0.25) is 9.69 Å². The summed E-state index contributed by atoms with van der Waals surface area (Å²) in [5.41, 5.74) is 0. The summed E-state index contributed by atoms with van der Waals surface area (Å²) >= 11 is 0. The molecule has 0 unspecified atom stereocenters. The molecule has 0 N–H and O–H groups in total. The Hall–Kier alpha value is -1.47. The van der Waals surface area contributed by atoms with Crippen molar-refractivity contribution in [2.24, 2.45) is 0 Å². The van der Waals surface area contributed by atoms with E-state index in [4.69, 9.17) is 9.26 Å². The van der Waals surface area contributed by atoms with Crippen LogP contribution in [0, 0.1) is 6.92 Å². The van der Waals surface area contributed by atoms with E-state index in [1.54, 1.807) is 6.92 Å². The normalized spacial score (nSPS) is 20.7. The Morgan fingerprint density at radius 2 is 2.00 bits per heavy atom. The van der Waals surface area contributed by atoms with Gasteiger partial charge in [0, 0.05) is 33.1 Å². The van der Waals surface area contributed by atoms with Gasteiger partial charge in [0.05, 0.1) is 12.6 Å². The van der Waals surface area contributed by atoms with Crippen molar-refractivity contribution in [3.05, 3.63) is 11.7 Å². The van der Waals surface area contributed by atoms with Gasteiger partial charge >= 0.3 is 0 Å². The van der Waals surface area contributed by atoms with Gasteiger partial charge in [0.1, 0.15) is 6.61 Å². The SMILES string of the molecule is Cc1nc(CN2CCN(C(=O)COC3CCCC3)CC2)no1. The number of ether oxygens (including phenoxy) is 1. The van der Waals surface area contributed by atoms with Gasteiger partial charge in [-0.05, 0) is 12.8 Å². The van der Waals surface area contributed by atoms with Gasteiger partial charge in [-0.25, -0.2) is 0 Å². The fraction of sp³-hybridized carbons (Fsp3) is 0.800. The second kappa shape index (κ2) is 7.19. The Labute approximate surface area is 130 Å². The van der Waals surface area contributed by atoms with E-state index >= 15 is 0 Å². The molecular weight excluding hydrogens is 284 g/mol. The molecule has 0 spiro atoms. The zero-order chi connectivity index (χ0) is 15.4. The molecule has 1 saturated carbocycles. The van der Waals surface area contributed by atoms with E-state index in [0.717, 1.165) is 39.0 Å². The van der Waals surface area contributed by atoms with Crippen LogP contribution in [0.15, 0.2) is 4.52 Å². The molecule has 3 rings (SSSR count). The van der Waals surface area contributed by atoms with Crippen molar-refractivity contribution < 1.29 is 14.1 Å². The zero-order valence-electron chi connectivity index (χ0n) is 13.2. The highest BCUT2D eigenvalue weighted by atomic mass is 16.5. The summed E-state index contributed by atoms with van der Waals surface area (Å²) in [5.74, 6) is 1.41. The van der Waals surface area contributed by atoms with Crippen LogP contribution in [0.2, 0.25) is 0 Å². The summed E-state index contributed by atoms with van der Waals surface area (Å²) in [5, 5.41) is 3.91. The average Bonchev–Trinajstić information content (AvgIpc) is 3.17. The number of carbonyl (C=O) groups excluding carboxylic acids is 1. The minimum absolute atomic E-state index is 0.113. The van der Waals surface area contributed by atoms with E-state index < -0.39 is 0 Å². The number of hydrogen-bond acceptors (Lipinski definition) is 6. The lowest BCUT2D eigenvalue weighted by molar-refractivity contribution is -0.139. The number of carbonyl (C=O) groups is 1. The summed E-state index contributed by atoms with van der Waals surface area (Å²) in [6.07, 6.45) is 4.96. The van der Waals surface area contributed by atoms with Crippen molar-refractivity contribution in [1.82, 2.24) is 19.9 Å². The van der Waals surface area contributed by atoms with Crippen molar-refractivity contribution in [3.8, 4) is 0 Å². The number of aromatic nitrogens is 2. The number of piperazine rings is 1. The summed E-state index contributed by atoms with van der Waals surface area (Å²) in [6.45, 7) is 5.85. The highest BCUT2D eigenvalue weighted by Crippen LogP contribution is 2.20. The minimum atomic E-state index is 0.113. The zero-order valence-corrected chi connectivity index (χ0v) is 13.2. The second-order valence-electron chi connectivity index (χ2n) is 6.10. The Balaban J connectivity index is 1.38. The summed E-state index contributed by atoms with van der Waals surface area (Å²) in [4.78, 5) is 20.5. The first kappa shape index (κ1) is 15.4. The number of aryl methyl sites for hydroxylation is 1. The van der Waals surface area contributed by atoms with Crippen LogP contribution >= 0.6 is 0 Å². The summed E-state index contributed by atoms with van der Waals surface area (Å²) in [6, 6.07) is 0. The van der Waals surface area contributed by atoms with Crippen LogP contribution in [0.3, 0.4) is 0 Å². The molecule has 1 amide bonds. The Morgan fingerprint density at radius 3 is 2.64 bits per heavy atom. The van der Waals surface area contributed by atoms with E-state index in [-0.39, 0.29) is 12.5 Å². The standard InChI is InChI=1S/C15H24N4O3/c1-12-16-14(17-22-12)10-18-6-8-19(9-7-18)15(20)11-21-13-4-2-3-5-13/h13H,2-11H2,1H3. The first-order valence-electron chi connectivity index (χ1n) is 8.11. The van der Waals surface area contributed by atoms with E-state index in [1.807, 2.05) is 4.90 Å². The van der Waals surface area contributed by atoms with Crippen molar-refractivity contribution in [2.45, 2.75) is 45.3 Å². The summed E-state index contributed by atoms with van der Waals surface area (Å²) < 4.78 is 10.7. The van der Waals surface area contributed by atoms with Crippen molar-refractivity contribution in [1.29, 1.82) is 0 Å². The molecule has 0 bridgehead atoms. The molecule has 0 atom stereocenters. The third kappa shape index (κ3) is 4.04. The molecule has 2 aliphatic rings. The molecule has 1 aliphatic heterocycles. The number of nitrogens with zero attached hydrogens (tertiary/aromatic N) is 4. The molecule has 1 aromatic rings. The number of hydrogen-bond donors (Lipinski definition) is 0. The molecule has 1 aliphatic carbocycles. The fourth-order valence-electron chi connectivity index (χ4n) is 3.10. The molecule has 122 valence electrons.